The molecule has 2 aliphatic rings. The van der Waals surface area contributed by atoms with Crippen molar-refractivity contribution >= 4 is 67.3 Å². The Morgan fingerprint density at radius 3 is 2.46 bits per heavy atom. The van der Waals surface area contributed by atoms with Gasteiger partial charge < -0.3 is 5.11 Å². The topological polar surface area (TPSA) is 131 Å². The molecule has 3 aromatic rings. The maximum absolute atomic E-state index is 12.3. The zero-order valence-corrected chi connectivity index (χ0v) is 22.5. The van der Waals surface area contributed by atoms with Gasteiger partial charge in [-0.25, -0.2) is 9.78 Å². The van der Waals surface area contributed by atoms with Crippen LogP contribution in [0.15, 0.2) is 24.3 Å². The van der Waals surface area contributed by atoms with Crippen LogP contribution in [0.1, 0.15) is 42.3 Å². The van der Waals surface area contributed by atoms with Gasteiger partial charge in [-0.3, -0.25) is 28.5 Å². The van der Waals surface area contributed by atoms with Crippen LogP contribution >= 0.6 is 33.5 Å². The van der Waals surface area contributed by atoms with Crippen LogP contribution in [0, 0.1) is 0 Å². The van der Waals surface area contributed by atoms with E-state index in [2.05, 4.69) is 0 Å². The first-order chi connectivity index (χ1) is 17.6. The Kier molecular flexibility index (Phi) is 6.92. The fourth-order valence-corrected chi connectivity index (χ4v) is 8.30. The van der Waals surface area contributed by atoms with Crippen LogP contribution in [0.2, 0.25) is 5.02 Å². The number of carboxylic acid groups (broad SMARTS) is 1. The van der Waals surface area contributed by atoms with Crippen molar-refractivity contribution in [3.8, 4) is 11.1 Å². The van der Waals surface area contributed by atoms with E-state index in [1.165, 1.54) is 21.1 Å². The first-order valence-corrected chi connectivity index (χ1v) is 15.0. The molecule has 37 heavy (non-hydrogen) atoms. The summed E-state index contributed by atoms with van der Waals surface area (Å²) < 4.78 is 20.7. The molecule has 3 amide bonds. The molecule has 1 fully saturated rings. The summed E-state index contributed by atoms with van der Waals surface area (Å²) in [5, 5.41) is 10.7. The lowest BCUT2D eigenvalue weighted by Crippen LogP contribution is -2.29. The molecular weight excluding hydrogens is 538 g/mol. The number of benzene rings is 1. The first-order valence-electron chi connectivity index (χ1n) is 11.9. The Balaban J connectivity index is 1.66. The fraction of sp³-hybridized carbons (Fsp3) is 0.360. The van der Waals surface area contributed by atoms with E-state index in [-0.39, 0.29) is 42.7 Å². The number of halogens is 1. The van der Waals surface area contributed by atoms with Gasteiger partial charge in [0, 0.05) is 46.7 Å². The van der Waals surface area contributed by atoms with Gasteiger partial charge in [0.25, 0.3) is 0 Å². The molecule has 0 aliphatic carbocycles. The van der Waals surface area contributed by atoms with Crippen LogP contribution in [0.4, 0.5) is 10.5 Å². The highest BCUT2D eigenvalue weighted by molar-refractivity contribution is 8.23. The minimum absolute atomic E-state index is 0.0431. The number of amides is 3. The van der Waals surface area contributed by atoms with E-state index in [0.29, 0.717) is 46.2 Å². The molecule has 9 nitrogen and oxygen atoms in total. The number of nitrogens with zero attached hydrogens (tertiary/aromatic N) is 3. The molecule has 12 heteroatoms. The number of carbonyl (C=O) groups is 3. The third-order valence-electron chi connectivity index (χ3n) is 6.68. The third-order valence-corrected chi connectivity index (χ3v) is 10.0. The van der Waals surface area contributed by atoms with E-state index in [0.717, 1.165) is 21.4 Å². The van der Waals surface area contributed by atoms with Gasteiger partial charge in [-0.15, -0.1) is 11.3 Å². The summed E-state index contributed by atoms with van der Waals surface area (Å²) in [5.41, 5.74) is 3.31. The van der Waals surface area contributed by atoms with Crippen molar-refractivity contribution in [3.05, 3.63) is 45.4 Å². The molecule has 0 radical (unpaired) electrons. The summed E-state index contributed by atoms with van der Waals surface area (Å²) in [4.78, 5) is 45.0. The molecule has 0 bridgehead atoms. The molecular formula is C25H26ClN3O6S2. The molecule has 4 heterocycles. The van der Waals surface area contributed by atoms with Gasteiger partial charge in [0.05, 0.1) is 23.0 Å². The number of rotatable bonds is 6. The number of aromatic nitrogens is 1. The van der Waals surface area contributed by atoms with Crippen LogP contribution in [0.25, 0.3) is 21.3 Å². The molecule has 2 aromatic heterocycles. The van der Waals surface area contributed by atoms with Crippen molar-refractivity contribution in [2.45, 2.75) is 44.9 Å². The Hall–Kier alpha value is -2.70. The number of aryl methyl sites for hydroxylation is 1. The number of carbonyl (C=O) groups excluding carboxylic acids is 2. The first kappa shape index (κ1) is 25.9. The lowest BCUT2D eigenvalue weighted by atomic mass is 9.97. The minimum Gasteiger partial charge on any atom is -0.465 e. The second-order valence-electron chi connectivity index (χ2n) is 9.19. The number of likely N-dealkylation sites (tertiary alicyclic amines) is 1. The Labute approximate surface area is 224 Å². The Morgan fingerprint density at radius 1 is 1.16 bits per heavy atom. The summed E-state index contributed by atoms with van der Waals surface area (Å²) in [6.07, 6.45) is 0.424. The zero-order chi connectivity index (χ0) is 26.5. The molecule has 0 atom stereocenters. The smallest absolute Gasteiger partial charge is 0.411 e. The molecule has 1 saturated heterocycles. The molecule has 1 aromatic carbocycles. The Morgan fingerprint density at radius 2 is 1.84 bits per heavy atom. The second kappa shape index (κ2) is 9.88. The van der Waals surface area contributed by atoms with Crippen LogP contribution in [-0.4, -0.2) is 54.3 Å². The zero-order valence-electron chi connectivity index (χ0n) is 20.1. The predicted molar refractivity (Wildman–Crippen MR) is 146 cm³/mol. The van der Waals surface area contributed by atoms with Gasteiger partial charge in [0.1, 0.15) is 4.83 Å². The molecule has 2 aliphatic heterocycles. The fourth-order valence-electron chi connectivity index (χ4n) is 4.88. The average molecular weight is 564 g/mol. The normalized spacial score (nSPS) is 17.8. The van der Waals surface area contributed by atoms with Crippen molar-refractivity contribution in [2.75, 3.05) is 17.2 Å². The summed E-state index contributed by atoms with van der Waals surface area (Å²) in [5.74, 6) is -0.121. The minimum atomic E-state index is -2.71. The van der Waals surface area contributed by atoms with Crippen molar-refractivity contribution < 1.29 is 28.6 Å². The number of hydrogen-bond acceptors (Lipinski definition) is 7. The van der Waals surface area contributed by atoms with E-state index in [1.54, 1.807) is 24.3 Å². The number of anilines is 1. The van der Waals surface area contributed by atoms with Crippen LogP contribution in [0.3, 0.4) is 0 Å². The van der Waals surface area contributed by atoms with Crippen LogP contribution in [0.5, 0.6) is 0 Å². The van der Waals surface area contributed by atoms with E-state index < -0.39 is 16.7 Å². The van der Waals surface area contributed by atoms with Gasteiger partial charge in [-0.1, -0.05) is 30.7 Å². The van der Waals surface area contributed by atoms with E-state index >= 15 is 0 Å². The summed E-state index contributed by atoms with van der Waals surface area (Å²) in [6, 6.07) is 7.06. The lowest BCUT2D eigenvalue weighted by Gasteiger charge is -2.35. The van der Waals surface area contributed by atoms with Gasteiger partial charge in [0.2, 0.25) is 11.8 Å². The molecule has 0 unspecified atom stereocenters. The van der Waals surface area contributed by atoms with Crippen molar-refractivity contribution in [1.82, 2.24) is 9.88 Å². The van der Waals surface area contributed by atoms with Crippen molar-refractivity contribution in [1.29, 1.82) is 0 Å². The summed E-state index contributed by atoms with van der Waals surface area (Å²) in [7, 11) is -2.71. The highest BCUT2D eigenvalue weighted by Crippen LogP contribution is 2.53. The molecule has 0 spiro atoms. The number of pyridine rings is 1. The predicted octanol–water partition coefficient (Wildman–Crippen LogP) is 5.97. The number of hydrogen-bond donors (Lipinski definition) is 3. The number of imide groups is 1. The quantitative estimate of drug-likeness (QED) is 0.315. The highest BCUT2D eigenvalue weighted by atomic mass is 35.5. The van der Waals surface area contributed by atoms with E-state index in [9.17, 15) is 28.6 Å². The van der Waals surface area contributed by atoms with Gasteiger partial charge in [-0.05, 0) is 36.1 Å². The third kappa shape index (κ3) is 4.82. The van der Waals surface area contributed by atoms with Gasteiger partial charge in [0.15, 0.2) is 0 Å². The highest BCUT2D eigenvalue weighted by Gasteiger charge is 2.33. The monoisotopic (exact) mass is 563 g/mol. The van der Waals surface area contributed by atoms with Crippen LogP contribution < -0.4 is 4.90 Å². The van der Waals surface area contributed by atoms with E-state index in [1.807, 2.05) is 6.92 Å². The van der Waals surface area contributed by atoms with Gasteiger partial charge >= 0.3 is 6.09 Å². The van der Waals surface area contributed by atoms with Crippen molar-refractivity contribution in [3.63, 3.8) is 0 Å². The SMILES string of the molecule is CCCN(C(=O)O)c1ccc(-c2c(Cl)c(CN3C(=O)CCC3=O)nc3sc4c(c23)CCS(O)(O)C4)cc1. The number of fused-ring (bicyclic) bond motifs is 3. The summed E-state index contributed by atoms with van der Waals surface area (Å²) >= 11 is 8.32. The maximum atomic E-state index is 12.3. The average Bonchev–Trinajstić information content (AvgIpc) is 3.35. The molecule has 196 valence electrons. The van der Waals surface area contributed by atoms with Crippen LogP contribution in [-0.2, 0) is 28.3 Å². The second-order valence-corrected chi connectivity index (χ2v) is 12.9. The largest absolute Gasteiger partial charge is 0.465 e. The maximum Gasteiger partial charge on any atom is 0.411 e. The van der Waals surface area contributed by atoms with E-state index in [4.69, 9.17) is 16.6 Å². The molecule has 3 N–H and O–H groups in total. The van der Waals surface area contributed by atoms with Gasteiger partial charge in [-0.2, -0.15) is 10.6 Å². The lowest BCUT2D eigenvalue weighted by molar-refractivity contribution is -0.139. The van der Waals surface area contributed by atoms with Crippen molar-refractivity contribution in [2.24, 2.45) is 0 Å². The number of thiophene rings is 1. The molecule has 0 saturated carbocycles. The standard InChI is InChI=1S/C25H26ClN3O6S2/c1-2-10-28(25(32)33)15-5-3-14(4-6-15)21-22-16-9-11-37(34,35)13-18(16)36-24(22)27-17(23(21)26)12-29-19(30)7-8-20(29)31/h3-6,34-35H,2,7-13H2,1H3,(H,32,33). The molecule has 5 rings (SSSR count). The summed E-state index contributed by atoms with van der Waals surface area (Å²) in [6.45, 7) is 2.23. The Bertz CT molecular complexity index is 1410.